The average molecular weight is 311 g/mol. The van der Waals surface area contributed by atoms with Gasteiger partial charge in [-0.1, -0.05) is 44.2 Å². The van der Waals surface area contributed by atoms with Gasteiger partial charge in [0.1, 0.15) is 0 Å². The minimum atomic E-state index is -2.86. The van der Waals surface area contributed by atoms with Crippen molar-refractivity contribution in [3.63, 3.8) is 0 Å². The van der Waals surface area contributed by atoms with Gasteiger partial charge >= 0.3 is 5.97 Å². The molecule has 5 heteroatoms. The molecule has 1 fully saturated rings. The van der Waals surface area contributed by atoms with Gasteiger partial charge < -0.3 is 4.74 Å². The van der Waals surface area contributed by atoms with Gasteiger partial charge in [-0.15, -0.1) is 0 Å². The highest BCUT2D eigenvalue weighted by molar-refractivity contribution is 5.72. The summed E-state index contributed by atoms with van der Waals surface area (Å²) >= 11 is 0. The summed E-state index contributed by atoms with van der Waals surface area (Å²) in [6.45, 7) is 4.22. The number of nitrogens with zero attached hydrogens (tertiary/aromatic N) is 1. The lowest BCUT2D eigenvalue weighted by molar-refractivity contribution is -0.178. The second-order valence-electron chi connectivity index (χ2n) is 6.17. The number of methoxy groups -OCH3 is 1. The first-order valence-electron chi connectivity index (χ1n) is 7.58. The van der Waals surface area contributed by atoms with E-state index >= 15 is 0 Å². The standard InChI is InChI=1S/C17H23F2NO2/c1-12-9-20(10-14-7-5-4-6-8-14)11-15(17(12,18)19)13(2)16(21)22-3/h4-8,12-13,15H,9-11H2,1-3H3. The van der Waals surface area contributed by atoms with E-state index in [0.29, 0.717) is 13.1 Å². The van der Waals surface area contributed by atoms with Crippen LogP contribution < -0.4 is 0 Å². The highest BCUT2D eigenvalue weighted by Crippen LogP contribution is 2.42. The molecule has 1 heterocycles. The fourth-order valence-corrected chi connectivity index (χ4v) is 3.16. The smallest absolute Gasteiger partial charge is 0.308 e. The molecule has 1 aromatic carbocycles. The molecule has 0 amide bonds. The molecule has 22 heavy (non-hydrogen) atoms. The molecule has 1 saturated heterocycles. The number of hydrogen-bond donors (Lipinski definition) is 0. The van der Waals surface area contributed by atoms with Crippen LogP contribution in [0.25, 0.3) is 0 Å². The normalized spacial score (nSPS) is 26.4. The van der Waals surface area contributed by atoms with Gasteiger partial charge in [0.05, 0.1) is 13.0 Å². The molecule has 1 aliphatic heterocycles. The zero-order valence-electron chi connectivity index (χ0n) is 13.3. The highest BCUT2D eigenvalue weighted by atomic mass is 19.3. The van der Waals surface area contributed by atoms with Gasteiger partial charge in [-0.05, 0) is 5.56 Å². The van der Waals surface area contributed by atoms with Crippen LogP contribution in [0.15, 0.2) is 30.3 Å². The second-order valence-corrected chi connectivity index (χ2v) is 6.17. The minimum Gasteiger partial charge on any atom is -0.469 e. The predicted octanol–water partition coefficient (Wildman–Crippen LogP) is 3.20. The Bertz CT molecular complexity index is 507. The number of piperidine rings is 1. The molecule has 0 aromatic heterocycles. The van der Waals surface area contributed by atoms with E-state index in [2.05, 4.69) is 4.74 Å². The first-order valence-corrected chi connectivity index (χ1v) is 7.58. The number of ether oxygens (including phenoxy) is 1. The molecule has 0 radical (unpaired) electrons. The number of benzene rings is 1. The minimum absolute atomic E-state index is 0.197. The molecule has 0 bridgehead atoms. The van der Waals surface area contributed by atoms with Crippen LogP contribution in [0.5, 0.6) is 0 Å². The van der Waals surface area contributed by atoms with E-state index in [1.54, 1.807) is 6.92 Å². The Morgan fingerprint density at radius 1 is 1.36 bits per heavy atom. The van der Waals surface area contributed by atoms with Crippen LogP contribution in [0.4, 0.5) is 8.78 Å². The van der Waals surface area contributed by atoms with Crippen molar-refractivity contribution in [3.05, 3.63) is 35.9 Å². The fourth-order valence-electron chi connectivity index (χ4n) is 3.16. The summed E-state index contributed by atoms with van der Waals surface area (Å²) in [4.78, 5) is 13.7. The average Bonchev–Trinajstić information content (AvgIpc) is 2.50. The quantitative estimate of drug-likeness (QED) is 0.800. The van der Waals surface area contributed by atoms with Gasteiger partial charge in [-0.2, -0.15) is 0 Å². The number of esters is 1. The number of alkyl halides is 2. The van der Waals surface area contributed by atoms with E-state index in [4.69, 9.17) is 0 Å². The highest BCUT2D eigenvalue weighted by Gasteiger charge is 2.52. The molecule has 122 valence electrons. The van der Waals surface area contributed by atoms with Crippen LogP contribution in [0.2, 0.25) is 0 Å². The Morgan fingerprint density at radius 3 is 2.59 bits per heavy atom. The zero-order valence-corrected chi connectivity index (χ0v) is 13.3. The van der Waals surface area contributed by atoms with Crippen molar-refractivity contribution in [3.8, 4) is 0 Å². The summed E-state index contributed by atoms with van der Waals surface area (Å²) in [6, 6.07) is 9.77. The first-order chi connectivity index (χ1) is 10.4. The van der Waals surface area contributed by atoms with E-state index in [-0.39, 0.29) is 6.54 Å². The van der Waals surface area contributed by atoms with Gasteiger partial charge in [0, 0.05) is 31.5 Å². The number of rotatable bonds is 4. The van der Waals surface area contributed by atoms with E-state index in [1.807, 2.05) is 35.2 Å². The van der Waals surface area contributed by atoms with Gasteiger partial charge in [0.15, 0.2) is 0 Å². The summed E-state index contributed by atoms with van der Waals surface area (Å²) in [6.07, 6.45) is 0. The molecule has 3 unspecified atom stereocenters. The van der Waals surface area contributed by atoms with Crippen molar-refractivity contribution in [2.24, 2.45) is 17.8 Å². The largest absolute Gasteiger partial charge is 0.469 e. The molecule has 0 aliphatic carbocycles. The van der Waals surface area contributed by atoms with Crippen LogP contribution in [0.3, 0.4) is 0 Å². The summed E-state index contributed by atoms with van der Waals surface area (Å²) < 4.78 is 33.6. The maximum atomic E-state index is 14.5. The van der Waals surface area contributed by atoms with Gasteiger partial charge in [-0.25, -0.2) is 8.78 Å². The lowest BCUT2D eigenvalue weighted by Gasteiger charge is -2.44. The molecule has 1 aliphatic rings. The molecular weight excluding hydrogens is 288 g/mol. The number of hydrogen-bond acceptors (Lipinski definition) is 3. The summed E-state index contributed by atoms with van der Waals surface area (Å²) in [5, 5.41) is 0. The summed E-state index contributed by atoms with van der Waals surface area (Å²) in [5.74, 6) is -6.06. The number of likely N-dealkylation sites (tertiary alicyclic amines) is 1. The van der Waals surface area contributed by atoms with Crippen LogP contribution in [-0.4, -0.2) is 37.0 Å². The Kier molecular flexibility index (Phi) is 5.16. The van der Waals surface area contributed by atoms with Crippen molar-refractivity contribution in [2.45, 2.75) is 26.3 Å². The second kappa shape index (κ2) is 6.73. The van der Waals surface area contributed by atoms with Crippen LogP contribution >= 0.6 is 0 Å². The maximum Gasteiger partial charge on any atom is 0.308 e. The first kappa shape index (κ1) is 16.9. The van der Waals surface area contributed by atoms with E-state index in [0.717, 1.165) is 5.56 Å². The van der Waals surface area contributed by atoms with Crippen molar-refractivity contribution < 1.29 is 18.3 Å². The van der Waals surface area contributed by atoms with Crippen LogP contribution in [0, 0.1) is 17.8 Å². The summed E-state index contributed by atoms with van der Waals surface area (Å²) in [5.41, 5.74) is 1.09. The third-order valence-electron chi connectivity index (χ3n) is 4.56. The van der Waals surface area contributed by atoms with Crippen molar-refractivity contribution >= 4 is 5.97 Å². The number of halogens is 2. The molecular formula is C17H23F2NO2. The number of carbonyl (C=O) groups excluding carboxylic acids is 1. The van der Waals surface area contributed by atoms with Gasteiger partial charge in [0.25, 0.3) is 5.92 Å². The van der Waals surface area contributed by atoms with Crippen molar-refractivity contribution in [1.82, 2.24) is 4.90 Å². The van der Waals surface area contributed by atoms with Gasteiger partial charge in [-0.3, -0.25) is 9.69 Å². The Hall–Kier alpha value is -1.49. The Morgan fingerprint density at radius 2 is 2.00 bits per heavy atom. The van der Waals surface area contributed by atoms with Crippen molar-refractivity contribution in [1.29, 1.82) is 0 Å². The zero-order chi connectivity index (χ0) is 16.3. The Labute approximate surface area is 130 Å². The maximum absolute atomic E-state index is 14.5. The summed E-state index contributed by atoms with van der Waals surface area (Å²) in [7, 11) is 1.24. The third-order valence-corrected chi connectivity index (χ3v) is 4.56. The number of carbonyl (C=O) groups is 1. The van der Waals surface area contributed by atoms with E-state index in [9.17, 15) is 13.6 Å². The van der Waals surface area contributed by atoms with Crippen LogP contribution in [-0.2, 0) is 16.1 Å². The van der Waals surface area contributed by atoms with E-state index in [1.165, 1.54) is 14.0 Å². The molecule has 0 spiro atoms. The molecule has 3 nitrogen and oxygen atoms in total. The predicted molar refractivity (Wildman–Crippen MR) is 80.5 cm³/mol. The molecule has 1 aromatic rings. The topological polar surface area (TPSA) is 29.5 Å². The van der Waals surface area contributed by atoms with Crippen molar-refractivity contribution in [2.75, 3.05) is 20.2 Å². The third kappa shape index (κ3) is 3.46. The van der Waals surface area contributed by atoms with Crippen LogP contribution in [0.1, 0.15) is 19.4 Å². The lowest BCUT2D eigenvalue weighted by Crippen LogP contribution is -2.55. The molecule has 0 N–H and O–H groups in total. The molecule has 0 saturated carbocycles. The molecule has 3 atom stereocenters. The monoisotopic (exact) mass is 311 g/mol. The van der Waals surface area contributed by atoms with Gasteiger partial charge in [0.2, 0.25) is 0 Å². The lowest BCUT2D eigenvalue weighted by atomic mass is 9.78. The SMILES string of the molecule is COC(=O)C(C)C1CN(Cc2ccccc2)CC(C)C1(F)F. The fraction of sp³-hybridized carbons (Fsp3) is 0.588. The molecule has 2 rings (SSSR count). The van der Waals surface area contributed by atoms with E-state index < -0.39 is 29.6 Å². The Balaban J connectivity index is 2.15.